The van der Waals surface area contributed by atoms with Gasteiger partial charge in [-0.1, -0.05) is 12.1 Å². The Kier molecular flexibility index (Phi) is 6.71. The zero-order valence-corrected chi connectivity index (χ0v) is 11.8. The van der Waals surface area contributed by atoms with Crippen LogP contribution in [0.25, 0.3) is 0 Å². The molecule has 0 unspecified atom stereocenters. The molecule has 7 heteroatoms. The highest BCUT2D eigenvalue weighted by molar-refractivity contribution is 5.88. The summed E-state index contributed by atoms with van der Waals surface area (Å²) in [4.78, 5) is 22.4. The van der Waals surface area contributed by atoms with Crippen LogP contribution in [0, 0.1) is 11.3 Å². The average molecular weight is 290 g/mol. The second-order valence-corrected chi connectivity index (χ2v) is 4.46. The van der Waals surface area contributed by atoms with Crippen LogP contribution >= 0.6 is 0 Å². The lowest BCUT2D eigenvalue weighted by Gasteiger charge is -2.10. The first kappa shape index (κ1) is 16.5. The molecule has 1 atom stereocenters. The Morgan fingerprint density at radius 3 is 2.90 bits per heavy atom. The summed E-state index contributed by atoms with van der Waals surface area (Å²) in [5, 5.41) is 13.6. The van der Waals surface area contributed by atoms with E-state index in [-0.39, 0.29) is 25.5 Å². The number of nitrogens with one attached hydrogen (secondary N) is 2. The summed E-state index contributed by atoms with van der Waals surface area (Å²) in [5.74, 6) is -0.161. The molecular weight excluding hydrogens is 272 g/mol. The summed E-state index contributed by atoms with van der Waals surface area (Å²) in [6, 6.07) is 8.51. The fourth-order valence-corrected chi connectivity index (χ4v) is 1.55. The minimum absolute atomic E-state index is 0.00861. The lowest BCUT2D eigenvalue weighted by atomic mass is 10.2. The smallest absolute Gasteiger partial charge is 0.407 e. The van der Waals surface area contributed by atoms with Crippen molar-refractivity contribution in [3.05, 3.63) is 29.8 Å². The number of rotatable bonds is 6. The molecule has 0 fully saturated rings. The molecule has 21 heavy (non-hydrogen) atoms. The molecule has 7 nitrogen and oxygen atoms in total. The summed E-state index contributed by atoms with van der Waals surface area (Å²) in [5.41, 5.74) is 7.02. The molecule has 1 aromatic carbocycles. The van der Waals surface area contributed by atoms with E-state index in [9.17, 15) is 9.59 Å². The number of amides is 2. The van der Waals surface area contributed by atoms with Gasteiger partial charge in [-0.05, 0) is 17.7 Å². The minimum Gasteiger partial charge on any atom is -0.448 e. The van der Waals surface area contributed by atoms with E-state index in [4.69, 9.17) is 15.7 Å². The third-order valence-electron chi connectivity index (χ3n) is 2.47. The standard InChI is InChI=1S/C14H18N4O3/c1-10(19)18-13-4-2-3-11(7-13)8-17-14(20)21-9-12(16)5-6-15/h2-4,7,12H,5,8-9,16H2,1H3,(H,17,20)(H,18,19)/t12-/m1/s1. The van der Waals surface area contributed by atoms with Crippen LogP contribution in [-0.4, -0.2) is 24.6 Å². The highest BCUT2D eigenvalue weighted by Gasteiger charge is 2.07. The minimum atomic E-state index is -0.603. The average Bonchev–Trinajstić information content (AvgIpc) is 2.43. The van der Waals surface area contributed by atoms with E-state index in [0.717, 1.165) is 5.56 Å². The first-order valence-electron chi connectivity index (χ1n) is 6.41. The van der Waals surface area contributed by atoms with Crippen molar-refractivity contribution in [2.75, 3.05) is 11.9 Å². The van der Waals surface area contributed by atoms with Crippen LogP contribution in [-0.2, 0) is 16.1 Å². The number of nitrogens with zero attached hydrogens (tertiary/aromatic N) is 1. The van der Waals surface area contributed by atoms with Crippen molar-refractivity contribution in [1.82, 2.24) is 5.32 Å². The molecule has 0 spiro atoms. The third kappa shape index (κ3) is 6.94. The fourth-order valence-electron chi connectivity index (χ4n) is 1.55. The molecule has 112 valence electrons. The number of alkyl carbamates (subject to hydrolysis) is 1. The zero-order valence-electron chi connectivity index (χ0n) is 11.8. The molecule has 0 radical (unpaired) electrons. The summed E-state index contributed by atoms with van der Waals surface area (Å²) >= 11 is 0. The van der Waals surface area contributed by atoms with E-state index in [2.05, 4.69) is 10.6 Å². The second-order valence-electron chi connectivity index (χ2n) is 4.46. The molecule has 0 aliphatic heterocycles. The van der Waals surface area contributed by atoms with Gasteiger partial charge in [0.25, 0.3) is 0 Å². The summed E-state index contributed by atoms with van der Waals surface area (Å²) in [7, 11) is 0. The fraction of sp³-hybridized carbons (Fsp3) is 0.357. The number of benzene rings is 1. The second kappa shape index (κ2) is 8.55. The lowest BCUT2D eigenvalue weighted by Crippen LogP contribution is -2.31. The molecule has 0 saturated heterocycles. The van der Waals surface area contributed by atoms with Crippen molar-refractivity contribution in [3.63, 3.8) is 0 Å². The number of hydrogen-bond acceptors (Lipinski definition) is 5. The third-order valence-corrected chi connectivity index (χ3v) is 2.47. The van der Waals surface area contributed by atoms with Gasteiger partial charge < -0.3 is 21.1 Å². The molecule has 0 heterocycles. The van der Waals surface area contributed by atoms with Gasteiger partial charge >= 0.3 is 6.09 Å². The molecule has 2 amide bonds. The largest absolute Gasteiger partial charge is 0.448 e. The number of nitriles is 1. The van der Waals surface area contributed by atoms with Gasteiger partial charge in [-0.25, -0.2) is 4.79 Å². The number of nitrogens with two attached hydrogens (primary N) is 1. The van der Waals surface area contributed by atoms with Crippen molar-refractivity contribution in [1.29, 1.82) is 5.26 Å². The van der Waals surface area contributed by atoms with E-state index in [0.29, 0.717) is 5.69 Å². The SMILES string of the molecule is CC(=O)Nc1cccc(CNC(=O)OC[C@H](N)CC#N)c1. The van der Waals surface area contributed by atoms with Crippen molar-refractivity contribution in [2.24, 2.45) is 5.73 Å². The van der Waals surface area contributed by atoms with Crippen LogP contribution in [0.1, 0.15) is 18.9 Å². The molecule has 4 N–H and O–H groups in total. The molecule has 0 aliphatic carbocycles. The maximum atomic E-state index is 11.4. The number of carbonyl (C=O) groups excluding carboxylic acids is 2. The number of hydrogen-bond donors (Lipinski definition) is 3. The first-order chi connectivity index (χ1) is 10.0. The predicted molar refractivity (Wildman–Crippen MR) is 77.1 cm³/mol. The zero-order chi connectivity index (χ0) is 15.7. The normalized spacial score (nSPS) is 11.1. The van der Waals surface area contributed by atoms with Gasteiger partial charge in [0.15, 0.2) is 0 Å². The number of carbonyl (C=O) groups is 2. The molecule has 1 aromatic rings. The van der Waals surface area contributed by atoms with Crippen LogP contribution in [0.15, 0.2) is 24.3 Å². The van der Waals surface area contributed by atoms with Crippen LogP contribution in [0.5, 0.6) is 0 Å². The summed E-state index contributed by atoms with van der Waals surface area (Å²) in [6.07, 6.45) is -0.472. The molecule has 0 aliphatic rings. The molecule has 1 rings (SSSR count). The van der Waals surface area contributed by atoms with Gasteiger partial charge in [0.05, 0.1) is 18.5 Å². The van der Waals surface area contributed by atoms with Gasteiger partial charge in [-0.2, -0.15) is 5.26 Å². The lowest BCUT2D eigenvalue weighted by molar-refractivity contribution is -0.114. The Hall–Kier alpha value is -2.59. The van der Waals surface area contributed by atoms with Crippen LogP contribution in [0.4, 0.5) is 10.5 Å². The number of ether oxygens (including phenoxy) is 1. The quantitative estimate of drug-likeness (QED) is 0.725. The van der Waals surface area contributed by atoms with Crippen molar-refractivity contribution < 1.29 is 14.3 Å². The van der Waals surface area contributed by atoms with Gasteiger partial charge in [-0.15, -0.1) is 0 Å². The van der Waals surface area contributed by atoms with Crippen LogP contribution in [0.2, 0.25) is 0 Å². The van der Waals surface area contributed by atoms with E-state index in [1.807, 2.05) is 12.1 Å². The Bertz CT molecular complexity index is 539. The Morgan fingerprint density at radius 2 is 2.24 bits per heavy atom. The Labute approximate surface area is 123 Å². The molecular formula is C14H18N4O3. The topological polar surface area (TPSA) is 117 Å². The van der Waals surface area contributed by atoms with E-state index >= 15 is 0 Å². The molecule has 0 aromatic heterocycles. The first-order valence-corrected chi connectivity index (χ1v) is 6.41. The highest BCUT2D eigenvalue weighted by Crippen LogP contribution is 2.10. The van der Waals surface area contributed by atoms with Crippen molar-refractivity contribution in [3.8, 4) is 6.07 Å². The van der Waals surface area contributed by atoms with Crippen molar-refractivity contribution >= 4 is 17.7 Å². The van der Waals surface area contributed by atoms with Gasteiger partial charge in [-0.3, -0.25) is 4.79 Å². The number of anilines is 1. The van der Waals surface area contributed by atoms with Crippen LogP contribution < -0.4 is 16.4 Å². The Morgan fingerprint density at radius 1 is 1.48 bits per heavy atom. The molecule has 0 saturated carbocycles. The Balaban J connectivity index is 2.39. The van der Waals surface area contributed by atoms with E-state index < -0.39 is 12.1 Å². The predicted octanol–water partition coefficient (Wildman–Crippen LogP) is 1.11. The van der Waals surface area contributed by atoms with Crippen molar-refractivity contribution in [2.45, 2.75) is 25.9 Å². The maximum Gasteiger partial charge on any atom is 0.407 e. The van der Waals surface area contributed by atoms with Gasteiger partial charge in [0.1, 0.15) is 6.61 Å². The summed E-state index contributed by atoms with van der Waals surface area (Å²) < 4.78 is 4.88. The van der Waals surface area contributed by atoms with Crippen LogP contribution in [0.3, 0.4) is 0 Å². The summed E-state index contributed by atoms with van der Waals surface area (Å²) in [6.45, 7) is 1.68. The maximum absolute atomic E-state index is 11.4. The highest BCUT2D eigenvalue weighted by atomic mass is 16.5. The molecule has 0 bridgehead atoms. The van der Waals surface area contributed by atoms with E-state index in [1.165, 1.54) is 6.92 Å². The van der Waals surface area contributed by atoms with E-state index in [1.54, 1.807) is 18.2 Å². The van der Waals surface area contributed by atoms with Gasteiger partial charge in [0, 0.05) is 19.2 Å². The monoisotopic (exact) mass is 290 g/mol. The van der Waals surface area contributed by atoms with Gasteiger partial charge in [0.2, 0.25) is 5.91 Å².